The molecule has 0 aliphatic carbocycles. The van der Waals surface area contributed by atoms with Crippen LogP contribution in [0.4, 0.5) is 0 Å². The first kappa shape index (κ1) is 16.6. The van der Waals surface area contributed by atoms with Crippen LogP contribution in [0.1, 0.15) is 36.5 Å². The van der Waals surface area contributed by atoms with Crippen molar-refractivity contribution in [1.29, 1.82) is 0 Å². The molecule has 1 N–H and O–H groups in total. The van der Waals surface area contributed by atoms with Crippen molar-refractivity contribution in [3.63, 3.8) is 0 Å². The third-order valence-corrected chi connectivity index (χ3v) is 5.45. The van der Waals surface area contributed by atoms with Gasteiger partial charge < -0.3 is 14.6 Å². The van der Waals surface area contributed by atoms with Gasteiger partial charge in [-0.1, -0.05) is 25.1 Å². The van der Waals surface area contributed by atoms with Crippen LogP contribution in [0.15, 0.2) is 30.5 Å². The maximum absolute atomic E-state index is 12.8. The Bertz CT molecular complexity index is 754. The molecular formula is C20H27N3O2. The van der Waals surface area contributed by atoms with E-state index >= 15 is 0 Å². The van der Waals surface area contributed by atoms with Crippen molar-refractivity contribution < 1.29 is 9.53 Å². The SMILES string of the molecule is CCCn1cc(C(=O)NC[C@@H]2CN3CCC[C@@H]3CO2)c2ccccc21. The van der Waals surface area contributed by atoms with Crippen LogP contribution >= 0.6 is 0 Å². The van der Waals surface area contributed by atoms with Gasteiger partial charge in [-0.25, -0.2) is 0 Å². The van der Waals surface area contributed by atoms with Gasteiger partial charge in [0.1, 0.15) is 0 Å². The molecule has 4 rings (SSSR count). The minimum Gasteiger partial charge on any atom is -0.373 e. The lowest BCUT2D eigenvalue weighted by Crippen LogP contribution is -2.50. The van der Waals surface area contributed by atoms with Crippen LogP contribution in [-0.2, 0) is 11.3 Å². The first-order valence-corrected chi connectivity index (χ1v) is 9.48. The van der Waals surface area contributed by atoms with E-state index in [9.17, 15) is 4.79 Å². The van der Waals surface area contributed by atoms with E-state index < -0.39 is 0 Å². The minimum atomic E-state index is -0.00167. The summed E-state index contributed by atoms with van der Waals surface area (Å²) in [6.07, 6.45) is 5.65. The highest BCUT2D eigenvalue weighted by molar-refractivity contribution is 6.07. The second-order valence-electron chi connectivity index (χ2n) is 7.21. The number of nitrogens with zero attached hydrogens (tertiary/aromatic N) is 2. The first-order chi connectivity index (χ1) is 12.3. The van der Waals surface area contributed by atoms with Gasteiger partial charge in [0.25, 0.3) is 5.91 Å². The van der Waals surface area contributed by atoms with E-state index in [0.29, 0.717) is 12.6 Å². The standard InChI is InChI=1S/C20H27N3O2/c1-2-9-23-13-18(17-7-3-4-8-19(17)23)20(24)21-11-16-12-22-10-5-6-15(22)14-25-16/h3-4,7-8,13,15-16H,2,5-6,9-12,14H2,1H3,(H,21,24)/t15-,16-/m1/s1. The molecule has 0 saturated carbocycles. The fourth-order valence-corrected chi connectivity index (χ4v) is 4.16. The molecule has 5 heteroatoms. The Morgan fingerprint density at radius 1 is 1.36 bits per heavy atom. The minimum absolute atomic E-state index is 0.00167. The summed E-state index contributed by atoms with van der Waals surface area (Å²) in [6.45, 7) is 6.56. The molecule has 2 atom stereocenters. The molecule has 25 heavy (non-hydrogen) atoms. The third-order valence-electron chi connectivity index (χ3n) is 5.45. The van der Waals surface area contributed by atoms with E-state index in [1.807, 2.05) is 24.4 Å². The molecule has 5 nitrogen and oxygen atoms in total. The van der Waals surface area contributed by atoms with Crippen molar-refractivity contribution in [2.24, 2.45) is 0 Å². The number of hydrogen-bond acceptors (Lipinski definition) is 3. The zero-order chi connectivity index (χ0) is 17.2. The van der Waals surface area contributed by atoms with Gasteiger partial charge in [-0.15, -0.1) is 0 Å². The molecule has 0 spiro atoms. The van der Waals surface area contributed by atoms with Crippen molar-refractivity contribution in [2.45, 2.75) is 44.9 Å². The molecule has 2 aromatic rings. The first-order valence-electron chi connectivity index (χ1n) is 9.48. The lowest BCUT2D eigenvalue weighted by Gasteiger charge is -2.35. The van der Waals surface area contributed by atoms with Crippen LogP contribution in [-0.4, -0.2) is 53.8 Å². The summed E-state index contributed by atoms with van der Waals surface area (Å²) in [7, 11) is 0. The molecule has 2 aliphatic heterocycles. The molecule has 2 aliphatic rings. The van der Waals surface area contributed by atoms with E-state index in [-0.39, 0.29) is 12.0 Å². The third kappa shape index (κ3) is 3.31. The van der Waals surface area contributed by atoms with E-state index in [0.717, 1.165) is 42.6 Å². The number of carbonyl (C=O) groups excluding carboxylic acids is 1. The highest BCUT2D eigenvalue weighted by Crippen LogP contribution is 2.23. The zero-order valence-corrected chi connectivity index (χ0v) is 14.9. The highest BCUT2D eigenvalue weighted by Gasteiger charge is 2.32. The van der Waals surface area contributed by atoms with Crippen LogP contribution < -0.4 is 5.32 Å². The second-order valence-corrected chi connectivity index (χ2v) is 7.21. The smallest absolute Gasteiger partial charge is 0.253 e. The number of benzene rings is 1. The Morgan fingerprint density at radius 3 is 3.12 bits per heavy atom. The van der Waals surface area contributed by atoms with Gasteiger partial charge in [-0.2, -0.15) is 0 Å². The summed E-state index contributed by atoms with van der Waals surface area (Å²) in [5.74, 6) is -0.00167. The summed E-state index contributed by atoms with van der Waals surface area (Å²) in [5.41, 5.74) is 1.89. The Hall–Kier alpha value is -1.85. The number of aryl methyl sites for hydroxylation is 1. The van der Waals surface area contributed by atoms with E-state index in [1.54, 1.807) is 0 Å². The number of hydrogen-bond donors (Lipinski definition) is 1. The zero-order valence-electron chi connectivity index (χ0n) is 14.9. The summed E-state index contributed by atoms with van der Waals surface area (Å²) in [5, 5.41) is 4.12. The van der Waals surface area contributed by atoms with Crippen molar-refractivity contribution in [3.8, 4) is 0 Å². The normalized spacial score (nSPS) is 23.7. The fraction of sp³-hybridized carbons (Fsp3) is 0.550. The van der Waals surface area contributed by atoms with Crippen molar-refractivity contribution in [1.82, 2.24) is 14.8 Å². The average Bonchev–Trinajstić information content (AvgIpc) is 3.24. The molecule has 1 aromatic heterocycles. The van der Waals surface area contributed by atoms with Gasteiger partial charge in [0, 0.05) is 42.8 Å². The number of morpholine rings is 1. The van der Waals surface area contributed by atoms with Crippen LogP contribution in [0, 0.1) is 0 Å². The number of carbonyl (C=O) groups is 1. The quantitative estimate of drug-likeness (QED) is 0.909. The van der Waals surface area contributed by atoms with Gasteiger partial charge in [0.2, 0.25) is 0 Å². The molecule has 1 aromatic carbocycles. The largest absolute Gasteiger partial charge is 0.373 e. The van der Waals surface area contributed by atoms with Gasteiger partial charge in [0.05, 0.1) is 18.3 Å². The number of nitrogens with one attached hydrogen (secondary N) is 1. The van der Waals surface area contributed by atoms with Crippen molar-refractivity contribution >= 4 is 16.8 Å². The lowest BCUT2D eigenvalue weighted by molar-refractivity contribution is -0.0461. The van der Waals surface area contributed by atoms with Crippen molar-refractivity contribution in [2.75, 3.05) is 26.2 Å². The van der Waals surface area contributed by atoms with E-state index in [4.69, 9.17) is 4.74 Å². The van der Waals surface area contributed by atoms with Gasteiger partial charge in [0.15, 0.2) is 0 Å². The number of ether oxygens (including phenoxy) is 1. The number of para-hydroxylation sites is 1. The predicted octanol–water partition coefficient (Wildman–Crippen LogP) is 2.64. The Balaban J connectivity index is 1.43. The summed E-state index contributed by atoms with van der Waals surface area (Å²) < 4.78 is 8.12. The maximum Gasteiger partial charge on any atom is 0.253 e. The summed E-state index contributed by atoms with van der Waals surface area (Å²) >= 11 is 0. The van der Waals surface area contributed by atoms with Gasteiger partial charge in [-0.3, -0.25) is 9.69 Å². The monoisotopic (exact) mass is 341 g/mol. The molecule has 2 saturated heterocycles. The molecular weight excluding hydrogens is 314 g/mol. The van der Waals surface area contributed by atoms with E-state index in [1.165, 1.54) is 19.4 Å². The molecule has 2 fully saturated rings. The molecule has 0 unspecified atom stereocenters. The number of amides is 1. The summed E-state index contributed by atoms with van der Waals surface area (Å²) in [6, 6.07) is 8.73. The molecule has 3 heterocycles. The maximum atomic E-state index is 12.8. The van der Waals surface area contributed by atoms with Crippen molar-refractivity contribution in [3.05, 3.63) is 36.0 Å². The molecule has 0 bridgehead atoms. The number of rotatable bonds is 5. The molecule has 1 amide bonds. The Kier molecular flexibility index (Phi) is 4.77. The number of aromatic nitrogens is 1. The lowest BCUT2D eigenvalue weighted by atomic mass is 10.1. The average molecular weight is 341 g/mol. The highest BCUT2D eigenvalue weighted by atomic mass is 16.5. The van der Waals surface area contributed by atoms with Gasteiger partial charge >= 0.3 is 0 Å². The summed E-state index contributed by atoms with van der Waals surface area (Å²) in [4.78, 5) is 15.3. The van der Waals surface area contributed by atoms with Gasteiger partial charge in [-0.05, 0) is 31.9 Å². The van der Waals surface area contributed by atoms with Crippen LogP contribution in [0.3, 0.4) is 0 Å². The fourth-order valence-electron chi connectivity index (χ4n) is 4.16. The predicted molar refractivity (Wildman–Crippen MR) is 98.9 cm³/mol. The topological polar surface area (TPSA) is 46.5 Å². The molecule has 134 valence electrons. The molecule has 0 radical (unpaired) electrons. The number of fused-ring (bicyclic) bond motifs is 2. The van der Waals surface area contributed by atoms with Crippen LogP contribution in [0.2, 0.25) is 0 Å². The Morgan fingerprint density at radius 2 is 2.24 bits per heavy atom. The van der Waals surface area contributed by atoms with Crippen LogP contribution in [0.5, 0.6) is 0 Å². The van der Waals surface area contributed by atoms with E-state index in [2.05, 4.69) is 27.8 Å². The van der Waals surface area contributed by atoms with Crippen LogP contribution in [0.25, 0.3) is 10.9 Å². The second kappa shape index (κ2) is 7.18. The Labute approximate surface area is 148 Å².